The van der Waals surface area contributed by atoms with Crippen molar-refractivity contribution in [1.82, 2.24) is 4.90 Å². The highest BCUT2D eigenvalue weighted by Crippen LogP contribution is 2.71. The molecule has 2 N–H and O–H groups in total. The first kappa shape index (κ1) is 15.0. The summed E-state index contributed by atoms with van der Waals surface area (Å²) in [5.74, 6) is 1.23. The van der Waals surface area contributed by atoms with E-state index < -0.39 is 5.60 Å². The summed E-state index contributed by atoms with van der Waals surface area (Å²) in [7, 11) is 0. The minimum Gasteiger partial charge on any atom is -0.508 e. The molecule has 0 amide bonds. The summed E-state index contributed by atoms with van der Waals surface area (Å²) in [6.07, 6.45) is 10.8. The van der Waals surface area contributed by atoms with Crippen molar-refractivity contribution in [2.24, 2.45) is 11.3 Å². The number of hydrogen-bond donors (Lipinski definition) is 2. The molecular weight excluding hydrogens is 310 g/mol. The first-order chi connectivity index (χ1) is 12.1. The predicted molar refractivity (Wildman–Crippen MR) is 96.7 cm³/mol. The van der Waals surface area contributed by atoms with Crippen LogP contribution in [0.5, 0.6) is 5.75 Å². The average Bonchev–Trinajstić information content (AvgIpc) is 2.67. The Kier molecular flexibility index (Phi) is 2.77. The highest BCUT2D eigenvalue weighted by molar-refractivity contribution is 5.51. The Labute approximate surface area is 150 Å². The lowest BCUT2D eigenvalue weighted by Crippen LogP contribution is -2.71. The quantitative estimate of drug-likeness (QED) is 0.868. The molecule has 0 aromatic heterocycles. The van der Waals surface area contributed by atoms with E-state index in [1.165, 1.54) is 49.9 Å². The van der Waals surface area contributed by atoms with Crippen molar-refractivity contribution in [3.8, 4) is 5.75 Å². The van der Waals surface area contributed by atoms with Crippen LogP contribution < -0.4 is 0 Å². The number of likely N-dealkylation sites (tertiary alicyclic amines) is 1. The number of aliphatic hydroxyl groups is 1. The lowest BCUT2D eigenvalue weighted by molar-refractivity contribution is -0.160. The van der Waals surface area contributed by atoms with Crippen LogP contribution in [-0.2, 0) is 11.8 Å². The first-order valence-electron chi connectivity index (χ1n) is 10.4. The molecule has 134 valence electrons. The molecule has 25 heavy (non-hydrogen) atoms. The SMILES string of the molecule is Oc1ccc2c(c1)C13CCCCC1(O)C1N(CC4CCC4)CC1(C2)C3. The highest BCUT2D eigenvalue weighted by atomic mass is 16.3. The third-order valence-electron chi connectivity index (χ3n) is 8.68. The summed E-state index contributed by atoms with van der Waals surface area (Å²) in [6.45, 7) is 2.38. The van der Waals surface area contributed by atoms with Crippen LogP contribution in [0.1, 0.15) is 62.5 Å². The van der Waals surface area contributed by atoms with E-state index in [1.54, 1.807) is 0 Å². The van der Waals surface area contributed by atoms with Crippen molar-refractivity contribution in [2.75, 3.05) is 13.1 Å². The Morgan fingerprint density at radius 3 is 2.76 bits per heavy atom. The fourth-order valence-corrected chi connectivity index (χ4v) is 7.73. The first-order valence-corrected chi connectivity index (χ1v) is 10.4. The average molecular weight is 339 g/mol. The summed E-state index contributed by atoms with van der Waals surface area (Å²) in [5, 5.41) is 22.3. The number of hydrogen-bond acceptors (Lipinski definition) is 3. The number of aromatic hydroxyl groups is 1. The number of phenolic OH excluding ortho intramolecular Hbond substituents is 1. The zero-order valence-corrected chi connectivity index (χ0v) is 15.0. The maximum absolute atomic E-state index is 12.1. The minimum atomic E-state index is -0.591. The molecule has 3 heteroatoms. The molecule has 4 aliphatic carbocycles. The number of benzene rings is 1. The zero-order valence-electron chi connectivity index (χ0n) is 15.0. The van der Waals surface area contributed by atoms with Gasteiger partial charge in [0.25, 0.3) is 0 Å². The van der Waals surface area contributed by atoms with Crippen molar-refractivity contribution >= 4 is 0 Å². The fourth-order valence-electron chi connectivity index (χ4n) is 7.73. The number of rotatable bonds is 2. The third kappa shape index (κ3) is 1.66. The number of phenols is 1. The summed E-state index contributed by atoms with van der Waals surface area (Å²) >= 11 is 0. The topological polar surface area (TPSA) is 43.7 Å². The van der Waals surface area contributed by atoms with E-state index >= 15 is 0 Å². The van der Waals surface area contributed by atoms with Gasteiger partial charge in [0, 0.05) is 30.0 Å². The highest BCUT2D eigenvalue weighted by Gasteiger charge is 2.77. The molecule has 1 aromatic rings. The molecule has 4 fully saturated rings. The third-order valence-corrected chi connectivity index (χ3v) is 8.68. The van der Waals surface area contributed by atoms with Crippen LogP contribution in [0.3, 0.4) is 0 Å². The summed E-state index contributed by atoms with van der Waals surface area (Å²) in [6, 6.07) is 6.31. The van der Waals surface area contributed by atoms with E-state index in [-0.39, 0.29) is 10.8 Å². The van der Waals surface area contributed by atoms with Gasteiger partial charge in [-0.05, 0) is 67.7 Å². The lowest BCUT2D eigenvalue weighted by atomic mass is 9.58. The molecular formula is C22H29NO2. The Morgan fingerprint density at radius 1 is 1.12 bits per heavy atom. The molecule has 1 saturated heterocycles. The second-order valence-electron chi connectivity index (χ2n) is 9.90. The van der Waals surface area contributed by atoms with Crippen molar-refractivity contribution in [2.45, 2.75) is 74.8 Å². The van der Waals surface area contributed by atoms with E-state index in [0.717, 1.165) is 38.0 Å². The van der Waals surface area contributed by atoms with Crippen LogP contribution in [-0.4, -0.2) is 39.8 Å². The maximum atomic E-state index is 12.1. The Hall–Kier alpha value is -1.06. The summed E-state index contributed by atoms with van der Waals surface area (Å²) in [4.78, 5) is 2.66. The van der Waals surface area contributed by atoms with E-state index in [1.807, 2.05) is 12.1 Å². The largest absolute Gasteiger partial charge is 0.508 e. The summed E-state index contributed by atoms with van der Waals surface area (Å²) < 4.78 is 0. The van der Waals surface area contributed by atoms with E-state index in [0.29, 0.717) is 11.8 Å². The number of fused-ring (bicyclic) bond motifs is 2. The van der Waals surface area contributed by atoms with Gasteiger partial charge in [0.15, 0.2) is 0 Å². The van der Waals surface area contributed by atoms with Gasteiger partial charge in [-0.15, -0.1) is 0 Å². The standard InChI is InChI=1S/C22H29NO2/c24-17-7-6-16-11-20-13-21(18(16)10-17)8-1-2-9-22(21,25)19(20)23(14-20)12-15-4-3-5-15/h6-7,10,15,19,24-25H,1-5,8-9,11-14H2. The lowest BCUT2D eigenvalue weighted by Gasteiger charge is -2.59. The van der Waals surface area contributed by atoms with Gasteiger partial charge in [0.1, 0.15) is 5.75 Å². The van der Waals surface area contributed by atoms with Gasteiger partial charge in [-0.25, -0.2) is 0 Å². The molecule has 2 bridgehead atoms. The second kappa shape index (κ2) is 4.61. The van der Waals surface area contributed by atoms with Gasteiger partial charge in [0.2, 0.25) is 0 Å². The minimum absolute atomic E-state index is 0.114. The van der Waals surface area contributed by atoms with Gasteiger partial charge < -0.3 is 10.2 Å². The molecule has 1 heterocycles. The van der Waals surface area contributed by atoms with Crippen LogP contribution in [0.2, 0.25) is 0 Å². The molecule has 3 saturated carbocycles. The summed E-state index contributed by atoms with van der Waals surface area (Å²) in [5.41, 5.74) is 2.25. The molecule has 6 rings (SSSR count). The molecule has 1 aromatic carbocycles. The van der Waals surface area contributed by atoms with E-state index in [9.17, 15) is 10.2 Å². The van der Waals surface area contributed by atoms with E-state index in [2.05, 4.69) is 11.0 Å². The van der Waals surface area contributed by atoms with Crippen molar-refractivity contribution in [3.63, 3.8) is 0 Å². The van der Waals surface area contributed by atoms with Crippen molar-refractivity contribution in [3.05, 3.63) is 29.3 Å². The molecule has 2 spiro atoms. The van der Waals surface area contributed by atoms with Crippen LogP contribution in [0.4, 0.5) is 0 Å². The predicted octanol–water partition coefficient (Wildman–Crippen LogP) is 3.37. The van der Waals surface area contributed by atoms with Crippen LogP contribution >= 0.6 is 0 Å². The number of nitrogens with zero attached hydrogens (tertiary/aromatic N) is 1. The van der Waals surface area contributed by atoms with Crippen molar-refractivity contribution < 1.29 is 10.2 Å². The van der Waals surface area contributed by atoms with E-state index in [4.69, 9.17) is 0 Å². The normalized spacial score (nSPS) is 45.1. The van der Waals surface area contributed by atoms with Crippen LogP contribution in [0, 0.1) is 11.3 Å². The fraction of sp³-hybridized carbons (Fsp3) is 0.727. The Bertz CT molecular complexity index is 744. The van der Waals surface area contributed by atoms with Gasteiger partial charge in [0.05, 0.1) is 5.60 Å². The molecule has 0 radical (unpaired) electrons. The second-order valence-corrected chi connectivity index (χ2v) is 9.90. The van der Waals surface area contributed by atoms with Gasteiger partial charge in [-0.2, -0.15) is 0 Å². The van der Waals surface area contributed by atoms with Crippen LogP contribution in [0.15, 0.2) is 18.2 Å². The van der Waals surface area contributed by atoms with Crippen molar-refractivity contribution in [1.29, 1.82) is 0 Å². The molecule has 1 aliphatic heterocycles. The van der Waals surface area contributed by atoms with Gasteiger partial charge in [-0.1, -0.05) is 25.3 Å². The van der Waals surface area contributed by atoms with Crippen LogP contribution in [0.25, 0.3) is 0 Å². The Balaban J connectivity index is 1.47. The zero-order chi connectivity index (χ0) is 16.9. The monoisotopic (exact) mass is 339 g/mol. The maximum Gasteiger partial charge on any atom is 0.115 e. The van der Waals surface area contributed by atoms with Gasteiger partial charge in [-0.3, -0.25) is 4.90 Å². The molecule has 3 nitrogen and oxygen atoms in total. The smallest absolute Gasteiger partial charge is 0.115 e. The molecule has 4 unspecified atom stereocenters. The molecule has 4 atom stereocenters. The van der Waals surface area contributed by atoms with Gasteiger partial charge >= 0.3 is 0 Å². The Morgan fingerprint density at radius 2 is 1.96 bits per heavy atom. The molecule has 5 aliphatic rings.